The Bertz CT molecular complexity index is 737. The van der Waals surface area contributed by atoms with Gasteiger partial charge in [0.2, 0.25) is 11.1 Å². The van der Waals surface area contributed by atoms with Crippen molar-refractivity contribution in [2.75, 3.05) is 24.7 Å². The van der Waals surface area contributed by atoms with Crippen molar-refractivity contribution in [1.82, 2.24) is 19.8 Å². The van der Waals surface area contributed by atoms with Gasteiger partial charge in [0.05, 0.1) is 5.75 Å². The number of nitrogen functional groups attached to an aromatic ring is 1. The summed E-state index contributed by atoms with van der Waals surface area (Å²) in [7, 11) is 0. The molecular weight excluding hydrogens is 370 g/mol. The molecule has 1 heterocycles. The van der Waals surface area contributed by atoms with Crippen LogP contribution in [0.5, 0.6) is 0 Å². The lowest BCUT2D eigenvalue weighted by atomic mass is 10.1. The Labute approximate surface area is 164 Å². The zero-order valence-electron chi connectivity index (χ0n) is 15.6. The van der Waals surface area contributed by atoms with Crippen LogP contribution in [-0.4, -0.2) is 44.5 Å². The summed E-state index contributed by atoms with van der Waals surface area (Å²) in [5, 5.41) is 9.35. The molecule has 0 saturated carbocycles. The fraction of sp³-hybridized carbons (Fsp3) is 0.500. The molecule has 2 aromatic rings. The predicted molar refractivity (Wildman–Crippen MR) is 108 cm³/mol. The summed E-state index contributed by atoms with van der Waals surface area (Å²) in [6.07, 6.45) is 0. The number of carbonyl (C=O) groups is 1. The molecule has 0 unspecified atom stereocenters. The quantitative estimate of drug-likeness (QED) is 0.546. The minimum Gasteiger partial charge on any atom is -0.341 e. The van der Waals surface area contributed by atoms with E-state index in [0.29, 0.717) is 27.8 Å². The first-order valence-corrected chi connectivity index (χ1v) is 10.0. The molecule has 0 fully saturated rings. The van der Waals surface area contributed by atoms with Crippen molar-refractivity contribution in [2.45, 2.75) is 32.9 Å². The number of hydrogen-bond donors (Lipinski definition) is 1. The molecule has 2 N–H and O–H groups in total. The van der Waals surface area contributed by atoms with Gasteiger partial charge < -0.3 is 10.7 Å². The highest BCUT2D eigenvalue weighted by Gasteiger charge is 2.19. The Hall–Kier alpha value is -1.73. The molecule has 1 amide bonds. The molecule has 0 atom stereocenters. The monoisotopic (exact) mass is 395 g/mol. The molecule has 142 valence electrons. The van der Waals surface area contributed by atoms with Crippen LogP contribution in [0.25, 0.3) is 11.4 Å². The molecule has 8 heteroatoms. The maximum atomic E-state index is 12.6. The second-order valence-electron chi connectivity index (χ2n) is 7.06. The summed E-state index contributed by atoms with van der Waals surface area (Å²) in [5.41, 5.74) is 0.784. The van der Waals surface area contributed by atoms with Crippen molar-refractivity contribution in [3.63, 3.8) is 0 Å². The first-order chi connectivity index (χ1) is 12.3. The smallest absolute Gasteiger partial charge is 0.233 e. The van der Waals surface area contributed by atoms with E-state index in [1.165, 1.54) is 16.4 Å². The van der Waals surface area contributed by atoms with E-state index in [1.54, 1.807) is 12.1 Å². The Morgan fingerprint density at radius 1 is 1.23 bits per heavy atom. The van der Waals surface area contributed by atoms with Gasteiger partial charge in [-0.3, -0.25) is 4.79 Å². The minimum absolute atomic E-state index is 0.0877. The number of carbonyl (C=O) groups excluding carboxylic acids is 1. The van der Waals surface area contributed by atoms with E-state index in [4.69, 9.17) is 17.4 Å². The molecule has 6 nitrogen and oxygen atoms in total. The van der Waals surface area contributed by atoms with Crippen LogP contribution < -0.4 is 5.84 Å². The van der Waals surface area contributed by atoms with Crippen molar-refractivity contribution in [2.24, 2.45) is 11.8 Å². The van der Waals surface area contributed by atoms with Crippen LogP contribution >= 0.6 is 23.4 Å². The van der Waals surface area contributed by atoms with Crippen LogP contribution in [0.15, 0.2) is 29.4 Å². The lowest BCUT2D eigenvalue weighted by molar-refractivity contribution is -0.129. The van der Waals surface area contributed by atoms with E-state index >= 15 is 0 Å². The number of rotatable bonds is 8. The van der Waals surface area contributed by atoms with E-state index in [9.17, 15) is 4.79 Å². The van der Waals surface area contributed by atoms with Crippen LogP contribution in [0.2, 0.25) is 5.02 Å². The highest BCUT2D eigenvalue weighted by Crippen LogP contribution is 2.24. The summed E-state index contributed by atoms with van der Waals surface area (Å²) in [6, 6.07) is 7.26. The first kappa shape index (κ1) is 20.6. The van der Waals surface area contributed by atoms with Crippen molar-refractivity contribution >= 4 is 29.3 Å². The summed E-state index contributed by atoms with van der Waals surface area (Å²) in [4.78, 5) is 14.5. The molecule has 0 aliphatic carbocycles. The van der Waals surface area contributed by atoms with Gasteiger partial charge in [-0.15, -0.1) is 10.2 Å². The molecule has 2 rings (SSSR count). The first-order valence-electron chi connectivity index (χ1n) is 8.65. The van der Waals surface area contributed by atoms with Gasteiger partial charge in [-0.2, -0.15) is 0 Å². The van der Waals surface area contributed by atoms with Crippen LogP contribution in [0.4, 0.5) is 0 Å². The van der Waals surface area contributed by atoms with Gasteiger partial charge in [0.25, 0.3) is 0 Å². The number of benzene rings is 1. The van der Waals surface area contributed by atoms with Gasteiger partial charge in [0.1, 0.15) is 0 Å². The van der Waals surface area contributed by atoms with Crippen molar-refractivity contribution < 1.29 is 4.79 Å². The van der Waals surface area contributed by atoms with Crippen molar-refractivity contribution in [3.05, 3.63) is 29.3 Å². The Morgan fingerprint density at radius 2 is 1.88 bits per heavy atom. The van der Waals surface area contributed by atoms with Crippen LogP contribution in [0, 0.1) is 11.8 Å². The number of halogens is 1. The van der Waals surface area contributed by atoms with E-state index in [2.05, 4.69) is 37.9 Å². The number of nitrogens with two attached hydrogens (primary N) is 1. The van der Waals surface area contributed by atoms with Gasteiger partial charge >= 0.3 is 0 Å². The van der Waals surface area contributed by atoms with E-state index < -0.39 is 0 Å². The Balaban J connectivity index is 2.06. The highest BCUT2D eigenvalue weighted by molar-refractivity contribution is 7.99. The van der Waals surface area contributed by atoms with Crippen LogP contribution in [0.3, 0.4) is 0 Å². The number of nitrogens with zero attached hydrogens (tertiary/aromatic N) is 4. The molecule has 0 aliphatic rings. The lowest BCUT2D eigenvalue weighted by Crippen LogP contribution is -2.38. The summed E-state index contributed by atoms with van der Waals surface area (Å²) in [5.74, 6) is 7.85. The van der Waals surface area contributed by atoms with Gasteiger partial charge in [-0.05, 0) is 24.0 Å². The fourth-order valence-corrected chi connectivity index (χ4v) is 3.53. The third-order valence-corrected chi connectivity index (χ3v) is 4.76. The lowest BCUT2D eigenvalue weighted by Gasteiger charge is -2.26. The third-order valence-electron chi connectivity index (χ3n) is 3.60. The molecule has 1 aromatic carbocycles. The number of hydrogen-bond acceptors (Lipinski definition) is 5. The summed E-state index contributed by atoms with van der Waals surface area (Å²) < 4.78 is 1.40. The fourth-order valence-electron chi connectivity index (χ4n) is 2.58. The molecule has 0 radical (unpaired) electrons. The largest absolute Gasteiger partial charge is 0.341 e. The van der Waals surface area contributed by atoms with Crippen molar-refractivity contribution in [3.8, 4) is 11.4 Å². The summed E-state index contributed by atoms with van der Waals surface area (Å²) in [6.45, 7) is 9.95. The molecule has 1 aromatic heterocycles. The van der Waals surface area contributed by atoms with Gasteiger partial charge in [-0.1, -0.05) is 63.2 Å². The van der Waals surface area contributed by atoms with E-state index in [-0.39, 0.29) is 11.7 Å². The molecule has 0 aliphatic heterocycles. The second-order valence-corrected chi connectivity index (χ2v) is 8.44. The average Bonchev–Trinajstić information content (AvgIpc) is 2.92. The number of aromatic nitrogens is 3. The maximum Gasteiger partial charge on any atom is 0.233 e. The number of amides is 1. The third kappa shape index (κ3) is 5.64. The minimum atomic E-state index is 0.0877. The Morgan fingerprint density at radius 3 is 2.46 bits per heavy atom. The normalized spacial score (nSPS) is 11.3. The number of thioether (sulfide) groups is 1. The Kier molecular flexibility index (Phi) is 7.34. The van der Waals surface area contributed by atoms with Gasteiger partial charge in [-0.25, -0.2) is 4.68 Å². The van der Waals surface area contributed by atoms with Crippen LogP contribution in [0.1, 0.15) is 27.7 Å². The second kappa shape index (κ2) is 9.28. The zero-order chi connectivity index (χ0) is 19.3. The molecule has 0 bridgehead atoms. The summed E-state index contributed by atoms with van der Waals surface area (Å²) >= 11 is 7.32. The SMILES string of the molecule is CC(C)CN(CC(C)C)C(=O)CSc1nnc(-c2cccc(Cl)c2)n1N. The predicted octanol–water partition coefficient (Wildman–Crippen LogP) is 3.55. The van der Waals surface area contributed by atoms with E-state index in [0.717, 1.165) is 18.7 Å². The molecular formula is C18H26ClN5OS. The molecule has 0 saturated heterocycles. The van der Waals surface area contributed by atoms with Gasteiger partial charge in [0, 0.05) is 23.7 Å². The molecule has 0 spiro atoms. The maximum absolute atomic E-state index is 12.6. The standard InChI is InChI=1S/C18H26ClN5OS/c1-12(2)9-23(10-13(3)4)16(25)11-26-18-22-21-17(24(18)20)14-6-5-7-15(19)8-14/h5-8,12-13H,9-11,20H2,1-4H3. The highest BCUT2D eigenvalue weighted by atomic mass is 35.5. The topological polar surface area (TPSA) is 77.0 Å². The molecule has 26 heavy (non-hydrogen) atoms. The van der Waals surface area contributed by atoms with Crippen LogP contribution in [-0.2, 0) is 4.79 Å². The zero-order valence-corrected chi connectivity index (χ0v) is 17.2. The van der Waals surface area contributed by atoms with Crippen molar-refractivity contribution in [1.29, 1.82) is 0 Å². The van der Waals surface area contributed by atoms with Gasteiger partial charge in [0.15, 0.2) is 5.82 Å². The average molecular weight is 396 g/mol. The van der Waals surface area contributed by atoms with E-state index in [1.807, 2.05) is 17.0 Å².